The van der Waals surface area contributed by atoms with Crippen LogP contribution < -0.4 is 0 Å². The Hall–Kier alpha value is -1.84. The first-order valence-corrected chi connectivity index (χ1v) is 7.43. The van der Waals surface area contributed by atoms with Crippen molar-refractivity contribution in [3.05, 3.63) is 50.4 Å². The molecule has 2 rings (SSSR count). The van der Waals surface area contributed by atoms with Gasteiger partial charge in [-0.1, -0.05) is 26.0 Å². The molecule has 110 valence electrons. The van der Waals surface area contributed by atoms with Crippen molar-refractivity contribution < 1.29 is 0 Å². The first-order valence-electron chi connectivity index (χ1n) is 7.43. The van der Waals surface area contributed by atoms with Crippen LogP contribution in [0.25, 0.3) is 0 Å². The molecule has 0 N–H and O–H groups in total. The van der Waals surface area contributed by atoms with Crippen molar-refractivity contribution in [2.24, 2.45) is 0 Å². The van der Waals surface area contributed by atoms with Crippen molar-refractivity contribution in [3.63, 3.8) is 0 Å². The van der Waals surface area contributed by atoms with Crippen LogP contribution in [0.1, 0.15) is 25.7 Å². The van der Waals surface area contributed by atoms with Gasteiger partial charge in [0.1, 0.15) is 0 Å². The maximum atomic E-state index is 3.78. The van der Waals surface area contributed by atoms with Gasteiger partial charge < -0.3 is 19.6 Å². The molecule has 2 heterocycles. The van der Waals surface area contributed by atoms with Crippen LogP contribution in [0.2, 0.25) is 0 Å². The molecule has 0 saturated carbocycles. The van der Waals surface area contributed by atoms with Crippen molar-refractivity contribution in [2.45, 2.75) is 25.7 Å². The average molecular weight is 274 g/mol. The van der Waals surface area contributed by atoms with Gasteiger partial charge in [0.15, 0.2) is 0 Å². The lowest BCUT2D eigenvalue weighted by Crippen LogP contribution is -2.23. The van der Waals surface area contributed by atoms with E-state index in [1.807, 2.05) is 12.4 Å². The molecule has 0 spiro atoms. The number of nitrogens with zero attached hydrogens (tertiary/aromatic N) is 4. The molecule has 0 amide bonds. The Morgan fingerprint density at radius 1 is 0.700 bits per heavy atom. The Labute approximate surface area is 122 Å². The van der Waals surface area contributed by atoms with E-state index in [1.54, 1.807) is 0 Å². The molecule has 0 saturated heterocycles. The standard InChI is InChI=1S/C16H26N4/c1-3-17-11-13-19(15-17)9-7-5-6-8-10-20-14-12-18(4-2)16-20/h3-4,11-14H,1-2,5-10,15-16H2. The summed E-state index contributed by atoms with van der Waals surface area (Å²) in [6.07, 6.45) is 17.4. The fourth-order valence-electron chi connectivity index (χ4n) is 2.48. The molecule has 0 radical (unpaired) electrons. The third kappa shape index (κ3) is 4.37. The molecule has 4 nitrogen and oxygen atoms in total. The molecule has 0 atom stereocenters. The molecule has 0 bridgehead atoms. The van der Waals surface area contributed by atoms with E-state index in [1.165, 1.54) is 25.7 Å². The normalized spacial score (nSPS) is 17.4. The SMILES string of the molecule is C=CN1C=CN(CCCCCCN2C=CN(C=C)C2)C1. The summed E-state index contributed by atoms with van der Waals surface area (Å²) in [6.45, 7) is 11.8. The highest BCUT2D eigenvalue weighted by Gasteiger charge is 2.09. The highest BCUT2D eigenvalue weighted by Crippen LogP contribution is 2.11. The molecular weight excluding hydrogens is 248 g/mol. The van der Waals surface area contributed by atoms with Crippen molar-refractivity contribution >= 4 is 0 Å². The first-order chi connectivity index (χ1) is 9.81. The van der Waals surface area contributed by atoms with Crippen LogP contribution in [0.15, 0.2) is 50.4 Å². The molecule has 0 aliphatic carbocycles. The third-order valence-electron chi connectivity index (χ3n) is 3.74. The molecule has 2 aliphatic rings. The van der Waals surface area contributed by atoms with E-state index in [-0.39, 0.29) is 0 Å². The highest BCUT2D eigenvalue weighted by molar-refractivity contribution is 4.95. The molecule has 0 unspecified atom stereocenters. The van der Waals surface area contributed by atoms with E-state index in [0.29, 0.717) is 0 Å². The zero-order chi connectivity index (χ0) is 14.2. The molecule has 20 heavy (non-hydrogen) atoms. The predicted octanol–water partition coefficient (Wildman–Crippen LogP) is 2.93. The maximum absolute atomic E-state index is 3.78. The van der Waals surface area contributed by atoms with Gasteiger partial charge in [-0.05, 0) is 25.2 Å². The summed E-state index contributed by atoms with van der Waals surface area (Å²) in [6, 6.07) is 0. The Morgan fingerprint density at radius 2 is 1.15 bits per heavy atom. The quantitative estimate of drug-likeness (QED) is 0.599. The van der Waals surface area contributed by atoms with Gasteiger partial charge in [0.05, 0.1) is 13.3 Å². The number of rotatable bonds is 9. The van der Waals surface area contributed by atoms with Gasteiger partial charge in [-0.2, -0.15) is 0 Å². The molecule has 0 aromatic rings. The lowest BCUT2D eigenvalue weighted by Gasteiger charge is -2.19. The monoisotopic (exact) mass is 274 g/mol. The minimum atomic E-state index is 0.958. The lowest BCUT2D eigenvalue weighted by molar-refractivity contribution is 0.297. The second kappa shape index (κ2) is 7.68. The van der Waals surface area contributed by atoms with Crippen LogP contribution in [-0.4, -0.2) is 46.0 Å². The smallest absolute Gasteiger partial charge is 0.0935 e. The fourth-order valence-corrected chi connectivity index (χ4v) is 2.48. The van der Waals surface area contributed by atoms with Gasteiger partial charge in [-0.25, -0.2) is 0 Å². The van der Waals surface area contributed by atoms with Gasteiger partial charge >= 0.3 is 0 Å². The summed E-state index contributed by atoms with van der Waals surface area (Å²) in [7, 11) is 0. The molecule has 2 aliphatic heterocycles. The number of hydrogen-bond donors (Lipinski definition) is 0. The largest absolute Gasteiger partial charge is 0.358 e. The van der Waals surface area contributed by atoms with Crippen molar-refractivity contribution in [1.29, 1.82) is 0 Å². The number of unbranched alkanes of at least 4 members (excludes halogenated alkanes) is 3. The van der Waals surface area contributed by atoms with Crippen LogP contribution in [-0.2, 0) is 0 Å². The fraction of sp³-hybridized carbons (Fsp3) is 0.500. The van der Waals surface area contributed by atoms with E-state index in [2.05, 4.69) is 57.6 Å². The predicted molar refractivity (Wildman–Crippen MR) is 84.0 cm³/mol. The van der Waals surface area contributed by atoms with Crippen LogP contribution in [0, 0.1) is 0 Å². The summed E-state index contributed by atoms with van der Waals surface area (Å²) in [5, 5.41) is 0. The average Bonchev–Trinajstić information content (AvgIpc) is 3.11. The van der Waals surface area contributed by atoms with Gasteiger partial charge in [0, 0.05) is 37.9 Å². The summed E-state index contributed by atoms with van der Waals surface area (Å²) in [5.74, 6) is 0. The third-order valence-corrected chi connectivity index (χ3v) is 3.74. The minimum absolute atomic E-state index is 0.958. The van der Waals surface area contributed by atoms with Gasteiger partial charge in [0.25, 0.3) is 0 Å². The van der Waals surface area contributed by atoms with Crippen molar-refractivity contribution in [2.75, 3.05) is 26.4 Å². The Balaban J connectivity index is 1.45. The van der Waals surface area contributed by atoms with Gasteiger partial charge in [-0.3, -0.25) is 0 Å². The second-order valence-electron chi connectivity index (χ2n) is 5.31. The minimum Gasteiger partial charge on any atom is -0.358 e. The maximum Gasteiger partial charge on any atom is 0.0935 e. The lowest BCUT2D eigenvalue weighted by atomic mass is 10.2. The van der Waals surface area contributed by atoms with Gasteiger partial charge in [-0.15, -0.1) is 0 Å². The zero-order valence-corrected chi connectivity index (χ0v) is 12.3. The molecule has 0 aromatic heterocycles. The Kier molecular flexibility index (Phi) is 5.59. The van der Waals surface area contributed by atoms with E-state index in [4.69, 9.17) is 0 Å². The van der Waals surface area contributed by atoms with E-state index >= 15 is 0 Å². The number of hydrogen-bond acceptors (Lipinski definition) is 4. The molecule has 4 heteroatoms. The van der Waals surface area contributed by atoms with Crippen LogP contribution in [0.4, 0.5) is 0 Å². The Morgan fingerprint density at radius 3 is 1.50 bits per heavy atom. The summed E-state index contributed by atoms with van der Waals surface area (Å²) < 4.78 is 0. The topological polar surface area (TPSA) is 13.0 Å². The first kappa shape index (κ1) is 14.6. The molecule has 0 fully saturated rings. The zero-order valence-electron chi connectivity index (χ0n) is 12.3. The highest BCUT2D eigenvalue weighted by atomic mass is 15.3. The van der Waals surface area contributed by atoms with Crippen LogP contribution >= 0.6 is 0 Å². The van der Waals surface area contributed by atoms with Crippen molar-refractivity contribution in [3.8, 4) is 0 Å². The van der Waals surface area contributed by atoms with E-state index in [9.17, 15) is 0 Å². The van der Waals surface area contributed by atoms with E-state index < -0.39 is 0 Å². The van der Waals surface area contributed by atoms with Crippen molar-refractivity contribution in [1.82, 2.24) is 19.6 Å². The van der Waals surface area contributed by atoms with Crippen LogP contribution in [0.3, 0.4) is 0 Å². The molecule has 0 aromatic carbocycles. The van der Waals surface area contributed by atoms with Gasteiger partial charge in [0.2, 0.25) is 0 Å². The van der Waals surface area contributed by atoms with Crippen LogP contribution in [0.5, 0.6) is 0 Å². The Bertz CT molecular complexity index is 339. The summed E-state index contributed by atoms with van der Waals surface area (Å²) in [4.78, 5) is 8.88. The summed E-state index contributed by atoms with van der Waals surface area (Å²) >= 11 is 0. The second-order valence-corrected chi connectivity index (χ2v) is 5.31. The van der Waals surface area contributed by atoms with E-state index in [0.717, 1.165) is 26.4 Å². The summed E-state index contributed by atoms with van der Waals surface area (Å²) in [5.41, 5.74) is 0. The molecular formula is C16H26N4.